The van der Waals surface area contributed by atoms with E-state index in [0.717, 1.165) is 0 Å². The van der Waals surface area contributed by atoms with Crippen LogP contribution in [0.1, 0.15) is 102 Å². The molecule has 26 N–H and O–H groups in total. The number of nitrogens with zero attached hydrogens (tertiary/aromatic N) is 3. The Balaban J connectivity index is 2.40. The molecule has 0 bridgehead atoms. The summed E-state index contributed by atoms with van der Waals surface area (Å²) in [5.74, 6) is -7.37. The second kappa shape index (κ2) is 38.8. The Hall–Kier alpha value is -6.74. The van der Waals surface area contributed by atoms with Crippen LogP contribution in [0.3, 0.4) is 0 Å². The first-order valence-corrected chi connectivity index (χ1v) is 26.9. The molecule has 8 atom stereocenters. The number of rotatable bonds is 40. The molecule has 79 heavy (non-hydrogen) atoms. The van der Waals surface area contributed by atoms with Gasteiger partial charge in [-0.3, -0.25) is 48.6 Å². The molecule has 0 spiro atoms. The Labute approximate surface area is 459 Å². The van der Waals surface area contributed by atoms with Crippen molar-refractivity contribution in [3.8, 4) is 0 Å². The molecule has 9 amide bonds. The zero-order valence-electron chi connectivity index (χ0n) is 45.1. The molecule has 0 radical (unpaired) electrons. The van der Waals surface area contributed by atoms with Crippen molar-refractivity contribution in [2.45, 2.75) is 151 Å². The van der Waals surface area contributed by atoms with E-state index in [-0.39, 0.29) is 95.8 Å². The van der Waals surface area contributed by atoms with E-state index in [1.165, 1.54) is 17.4 Å². The predicted molar refractivity (Wildman–Crippen MR) is 291 cm³/mol. The van der Waals surface area contributed by atoms with E-state index in [0.29, 0.717) is 70.3 Å². The Morgan fingerprint density at radius 1 is 0.684 bits per heavy atom. The number of aromatic amines is 1. The van der Waals surface area contributed by atoms with Crippen molar-refractivity contribution in [1.29, 1.82) is 5.41 Å². The summed E-state index contributed by atoms with van der Waals surface area (Å²) in [7, 11) is 0. The first kappa shape index (κ1) is 68.4. The lowest BCUT2D eigenvalue weighted by atomic mass is 10.0. The van der Waals surface area contributed by atoms with E-state index in [2.05, 4.69) is 57.5 Å². The van der Waals surface area contributed by atoms with Crippen LogP contribution in [0.4, 0.5) is 0 Å². The molecule has 1 aromatic rings. The molecule has 1 aliphatic rings. The van der Waals surface area contributed by atoms with Gasteiger partial charge in [0, 0.05) is 51.0 Å². The number of likely N-dealkylation sites (tertiary alicyclic amines) is 1. The van der Waals surface area contributed by atoms with Crippen molar-refractivity contribution in [3.63, 3.8) is 0 Å². The van der Waals surface area contributed by atoms with Gasteiger partial charge in [0.05, 0.1) is 31.5 Å². The molecule has 1 fully saturated rings. The van der Waals surface area contributed by atoms with Crippen molar-refractivity contribution in [1.82, 2.24) is 57.4 Å². The summed E-state index contributed by atoms with van der Waals surface area (Å²) in [5, 5.41) is 48.6. The van der Waals surface area contributed by atoms with Gasteiger partial charge in [-0.15, -0.1) is 0 Å². The molecule has 0 unspecified atom stereocenters. The Morgan fingerprint density at radius 3 is 1.81 bits per heavy atom. The summed E-state index contributed by atoms with van der Waals surface area (Å²) in [6.45, 7) is 0.218. The van der Waals surface area contributed by atoms with Crippen LogP contribution in [0, 0.1) is 5.41 Å². The third kappa shape index (κ3) is 26.2. The minimum atomic E-state index is -1.63. The van der Waals surface area contributed by atoms with Gasteiger partial charge in [-0.2, -0.15) is 0 Å². The van der Waals surface area contributed by atoms with Crippen LogP contribution < -0.4 is 82.7 Å². The minimum Gasteiger partial charge on any atom is -0.391 e. The van der Waals surface area contributed by atoms with Crippen LogP contribution in [0.15, 0.2) is 17.5 Å². The molecule has 31 heteroatoms. The van der Waals surface area contributed by atoms with Crippen molar-refractivity contribution < 1.29 is 53.4 Å². The topological polar surface area (TPSA) is 541 Å². The Kier molecular flexibility index (Phi) is 33.5. The molecule has 446 valence electrons. The van der Waals surface area contributed by atoms with Crippen molar-refractivity contribution in [2.24, 2.45) is 45.1 Å². The Morgan fingerprint density at radius 2 is 1.25 bits per heavy atom. The number of nitrogens with two attached hydrogens (primary N) is 7. The van der Waals surface area contributed by atoms with Gasteiger partial charge in [0.25, 0.3) is 11.8 Å². The van der Waals surface area contributed by atoms with Crippen LogP contribution in [0.5, 0.6) is 0 Å². The van der Waals surface area contributed by atoms with Gasteiger partial charge in [-0.25, -0.2) is 9.98 Å². The summed E-state index contributed by atoms with van der Waals surface area (Å²) in [5.41, 5.74) is 39.3. The molecule has 0 aromatic carbocycles. The van der Waals surface area contributed by atoms with Crippen molar-refractivity contribution in [3.05, 3.63) is 18.2 Å². The second-order valence-electron chi connectivity index (χ2n) is 19.0. The number of aromatic nitrogens is 2. The van der Waals surface area contributed by atoms with Gasteiger partial charge in [-0.05, 0) is 116 Å². The predicted octanol–water partition coefficient (Wildman–Crippen LogP) is -7.40. The van der Waals surface area contributed by atoms with Gasteiger partial charge in [-0.1, -0.05) is 0 Å². The SMILES string of the molecule is N=C(N)NCCC[C@H](NC(=O)[C@H](CCCCN)NC(=O)[C@H](Cc1cnc[nH]1)NC(=O)[C@@H]1CCCN1C(=O)/C(CCCN)=N/C(=O)CNC(=O)[C@@H](NC(=O)C[C@@H](O)CN)[C@@H](O)CN)C(=O)N[C@@H](CCCCN)C(=O)NCCCCN. The smallest absolute Gasteiger partial charge is 0.269 e. The maximum atomic E-state index is 14.4. The number of hydrogen-bond donors (Lipinski definition) is 19. The normalized spacial score (nSPS) is 16.0. The molecule has 0 aliphatic carbocycles. The molecule has 2 rings (SSSR count). The summed E-state index contributed by atoms with van der Waals surface area (Å²) in [6, 6.07) is -7.66. The maximum Gasteiger partial charge on any atom is 0.269 e. The lowest BCUT2D eigenvalue weighted by Crippen LogP contribution is -2.59. The highest BCUT2D eigenvalue weighted by Crippen LogP contribution is 2.20. The number of aliphatic hydroxyl groups is 2. The number of H-pyrrole nitrogens is 1. The molecule has 0 saturated carbocycles. The molecule has 1 aromatic heterocycles. The summed E-state index contributed by atoms with van der Waals surface area (Å²) in [6.07, 6.45) is 3.73. The standard InChI is InChI=1S/C48H88N20O11/c49-15-3-1-10-31(41(73)58-19-6-5-17-51)63-43(75)33(13-8-20-59-48(55)56)64-42(74)32(11-2-4-16-50)65-44(76)35(22-29-26-57-28-61-29)66-45(77)36-14-9-21-68(36)47(79)34(12-7-18-52)62-39(72)27-60-46(78)40(37(70)25-54)67-38(71)23-30(69)24-53/h26,28,30-33,35-37,40,69-70H,1-25,27,49-54H2,(H,57,61)(H,58,73)(H,60,78)(H,63,75)(H,64,74)(H,65,76)(H,66,77)(H,67,71)(H4,55,56,59)/b62-34+/t30-,31+,32+,33+,35+,36+,37+,40+/m1/s1. The number of guanidine groups is 1. The van der Waals surface area contributed by atoms with Crippen molar-refractivity contribution >= 4 is 64.8 Å². The van der Waals surface area contributed by atoms with Crippen LogP contribution in [-0.4, -0.2) is 204 Å². The van der Waals surface area contributed by atoms with E-state index in [4.69, 9.17) is 45.5 Å². The largest absolute Gasteiger partial charge is 0.391 e. The van der Waals surface area contributed by atoms with E-state index in [1.807, 2.05) is 0 Å². The lowest BCUT2D eigenvalue weighted by molar-refractivity contribution is -0.137. The average Bonchev–Trinajstić information content (AvgIpc) is 4.17. The van der Waals surface area contributed by atoms with Gasteiger partial charge in [0.1, 0.15) is 42.0 Å². The van der Waals surface area contributed by atoms with Crippen molar-refractivity contribution in [2.75, 3.05) is 65.4 Å². The molecule has 31 nitrogen and oxygen atoms in total. The fourth-order valence-corrected chi connectivity index (χ4v) is 8.23. The van der Waals surface area contributed by atoms with E-state index in [9.17, 15) is 53.4 Å². The minimum absolute atomic E-state index is 0.0261. The summed E-state index contributed by atoms with van der Waals surface area (Å²) >= 11 is 0. The maximum absolute atomic E-state index is 14.4. The number of aliphatic hydroxyl groups excluding tert-OH is 2. The Bertz CT molecular complexity index is 2120. The molecular formula is C48H88N20O11. The van der Waals surface area contributed by atoms with Crippen LogP contribution in [-0.2, 0) is 49.6 Å². The average molecular weight is 1120 g/mol. The van der Waals surface area contributed by atoms with Gasteiger partial charge < -0.3 is 103 Å². The highest BCUT2D eigenvalue weighted by atomic mass is 16.3. The molecule has 2 heterocycles. The number of unbranched alkanes of at least 4 members (excludes halogenated alkanes) is 3. The van der Waals surface area contributed by atoms with E-state index >= 15 is 0 Å². The van der Waals surface area contributed by atoms with Gasteiger partial charge in [0.2, 0.25) is 41.4 Å². The first-order chi connectivity index (χ1) is 37.8. The molecule has 1 aliphatic heterocycles. The zero-order valence-corrected chi connectivity index (χ0v) is 45.1. The van der Waals surface area contributed by atoms with Crippen LogP contribution >= 0.6 is 0 Å². The van der Waals surface area contributed by atoms with Crippen LogP contribution in [0.25, 0.3) is 0 Å². The summed E-state index contributed by atoms with van der Waals surface area (Å²) < 4.78 is 0. The monoisotopic (exact) mass is 1120 g/mol. The lowest BCUT2D eigenvalue weighted by Gasteiger charge is -2.28. The number of carbonyl (C=O) groups excluding carboxylic acids is 9. The number of aliphatic imine (C=N–C) groups is 1. The second-order valence-corrected chi connectivity index (χ2v) is 19.0. The zero-order chi connectivity index (χ0) is 58.7. The number of imidazole rings is 1. The quantitative estimate of drug-likeness (QED) is 0.0165. The first-order valence-electron chi connectivity index (χ1n) is 26.9. The summed E-state index contributed by atoms with van der Waals surface area (Å²) in [4.78, 5) is 135. The van der Waals surface area contributed by atoms with E-state index in [1.54, 1.807) is 0 Å². The number of carbonyl (C=O) groups is 9. The van der Waals surface area contributed by atoms with Gasteiger partial charge >= 0.3 is 0 Å². The third-order valence-electron chi connectivity index (χ3n) is 12.6. The highest BCUT2D eigenvalue weighted by Gasteiger charge is 2.39. The van der Waals surface area contributed by atoms with Gasteiger partial charge in [0.15, 0.2) is 5.96 Å². The number of amides is 9. The van der Waals surface area contributed by atoms with Crippen LogP contribution in [0.2, 0.25) is 0 Å². The van der Waals surface area contributed by atoms with E-state index < -0.39 is 121 Å². The molecular weight excluding hydrogens is 1030 g/mol. The third-order valence-corrected chi connectivity index (χ3v) is 12.6. The number of nitrogens with one attached hydrogen (secondary N) is 10. The fourth-order valence-electron chi connectivity index (χ4n) is 8.23. The highest BCUT2D eigenvalue weighted by molar-refractivity contribution is 6.40. The number of hydrogen-bond acceptors (Lipinski definition) is 19. The molecule has 1 saturated heterocycles. The fraction of sp³-hybridized carbons (Fsp3) is 0.708.